The van der Waals surface area contributed by atoms with E-state index in [9.17, 15) is 4.79 Å². The van der Waals surface area contributed by atoms with Gasteiger partial charge in [0, 0.05) is 0 Å². The normalized spacial score (nSPS) is 19.1. The van der Waals surface area contributed by atoms with E-state index in [0.717, 1.165) is 0 Å². The van der Waals surface area contributed by atoms with E-state index in [1.807, 2.05) is 0 Å². The van der Waals surface area contributed by atoms with E-state index in [2.05, 4.69) is 5.32 Å². The molecule has 1 heterocycles. The minimum Gasteiger partial charge on any atom is -0.489 e. The van der Waals surface area contributed by atoms with Crippen molar-refractivity contribution in [2.24, 2.45) is 0 Å². The number of hydrogen-bond donors (Lipinski definition) is 2. The monoisotopic (exact) mass is 213 g/mol. The summed E-state index contributed by atoms with van der Waals surface area (Å²) in [6, 6.07) is 4.44. The molecule has 0 spiro atoms. The number of benzene rings is 1. The molecule has 14 heavy (non-hydrogen) atoms. The van der Waals surface area contributed by atoms with Crippen LogP contribution in [0.3, 0.4) is 0 Å². The maximum absolute atomic E-state index is 10.7. The second kappa shape index (κ2) is 3.38. The Kier molecular flexibility index (Phi) is 2.21. The zero-order valence-corrected chi connectivity index (χ0v) is 7.91. The van der Waals surface area contributed by atoms with Crippen LogP contribution in [0.15, 0.2) is 18.2 Å². The number of fused-ring (bicyclic) bond motifs is 1. The molecule has 0 aliphatic carbocycles. The molecule has 2 N–H and O–H groups in total. The standard InChI is InChI=1S/C9H8ClNO3/c10-5-2-1-3-7-8(5)11-6(4-14-7)9(12)13/h1-3,6,11H,4H2,(H,12,13). The number of rotatable bonds is 1. The van der Waals surface area contributed by atoms with Crippen LogP contribution in [0.5, 0.6) is 5.75 Å². The SMILES string of the molecule is O=C(O)C1COc2cccc(Cl)c2N1. The number of carboxylic acid groups (broad SMARTS) is 1. The van der Waals surface area contributed by atoms with Gasteiger partial charge >= 0.3 is 5.97 Å². The molecule has 0 saturated heterocycles. The van der Waals surface area contributed by atoms with Gasteiger partial charge in [-0.15, -0.1) is 0 Å². The van der Waals surface area contributed by atoms with Crippen LogP contribution in [0.1, 0.15) is 0 Å². The van der Waals surface area contributed by atoms with Crippen molar-refractivity contribution in [3.8, 4) is 5.75 Å². The maximum Gasteiger partial charge on any atom is 0.329 e. The van der Waals surface area contributed by atoms with Gasteiger partial charge in [-0.1, -0.05) is 17.7 Å². The molecule has 0 aromatic heterocycles. The maximum atomic E-state index is 10.7. The quantitative estimate of drug-likeness (QED) is 0.744. The molecular weight excluding hydrogens is 206 g/mol. The van der Waals surface area contributed by atoms with Crippen molar-refractivity contribution in [1.82, 2.24) is 0 Å². The van der Waals surface area contributed by atoms with Gasteiger partial charge in [0.15, 0.2) is 6.04 Å². The molecule has 4 nitrogen and oxygen atoms in total. The lowest BCUT2D eigenvalue weighted by Gasteiger charge is -2.25. The largest absolute Gasteiger partial charge is 0.489 e. The molecule has 1 atom stereocenters. The molecule has 2 rings (SSSR count). The van der Waals surface area contributed by atoms with Gasteiger partial charge in [0.1, 0.15) is 12.4 Å². The average molecular weight is 214 g/mol. The van der Waals surface area contributed by atoms with E-state index in [-0.39, 0.29) is 6.61 Å². The summed E-state index contributed by atoms with van der Waals surface area (Å²) in [7, 11) is 0. The van der Waals surface area contributed by atoms with Crippen molar-refractivity contribution >= 4 is 23.3 Å². The number of anilines is 1. The van der Waals surface area contributed by atoms with Gasteiger partial charge < -0.3 is 15.2 Å². The number of halogens is 1. The first-order valence-electron chi connectivity index (χ1n) is 4.09. The topological polar surface area (TPSA) is 58.6 Å². The van der Waals surface area contributed by atoms with Crippen LogP contribution in [-0.2, 0) is 4.79 Å². The van der Waals surface area contributed by atoms with Crippen molar-refractivity contribution in [1.29, 1.82) is 0 Å². The summed E-state index contributed by atoms with van der Waals surface area (Å²) in [5.41, 5.74) is 0.549. The van der Waals surface area contributed by atoms with Gasteiger partial charge in [-0.3, -0.25) is 0 Å². The lowest BCUT2D eigenvalue weighted by Crippen LogP contribution is -2.38. The van der Waals surface area contributed by atoms with Crippen molar-refractivity contribution < 1.29 is 14.6 Å². The van der Waals surface area contributed by atoms with Crippen molar-refractivity contribution in [3.63, 3.8) is 0 Å². The molecular formula is C9H8ClNO3. The molecule has 1 aliphatic rings. The minimum absolute atomic E-state index is 0.114. The summed E-state index contributed by atoms with van der Waals surface area (Å²) in [6.45, 7) is 0.114. The zero-order chi connectivity index (χ0) is 10.1. The molecule has 74 valence electrons. The highest BCUT2D eigenvalue weighted by molar-refractivity contribution is 6.33. The first-order valence-corrected chi connectivity index (χ1v) is 4.47. The predicted octanol–water partition coefficient (Wildman–Crippen LogP) is 1.60. The van der Waals surface area contributed by atoms with E-state index in [4.69, 9.17) is 21.4 Å². The molecule has 0 saturated carbocycles. The van der Waals surface area contributed by atoms with Crippen LogP contribution < -0.4 is 10.1 Å². The molecule has 1 aliphatic heterocycles. The summed E-state index contributed by atoms with van der Waals surface area (Å²) in [5, 5.41) is 12.0. The van der Waals surface area contributed by atoms with Crippen LogP contribution in [-0.4, -0.2) is 23.7 Å². The fraction of sp³-hybridized carbons (Fsp3) is 0.222. The highest BCUT2D eigenvalue weighted by Gasteiger charge is 2.25. The van der Waals surface area contributed by atoms with E-state index in [1.165, 1.54) is 0 Å². The molecule has 0 amide bonds. The van der Waals surface area contributed by atoms with E-state index < -0.39 is 12.0 Å². The summed E-state index contributed by atoms with van der Waals surface area (Å²) in [6.07, 6.45) is 0. The van der Waals surface area contributed by atoms with Crippen molar-refractivity contribution in [3.05, 3.63) is 23.2 Å². The molecule has 5 heteroatoms. The smallest absolute Gasteiger partial charge is 0.329 e. The van der Waals surface area contributed by atoms with E-state index in [0.29, 0.717) is 16.5 Å². The molecule has 1 unspecified atom stereocenters. The van der Waals surface area contributed by atoms with Gasteiger partial charge in [-0.05, 0) is 12.1 Å². The Morgan fingerprint density at radius 2 is 2.43 bits per heavy atom. The molecule has 0 fully saturated rings. The fourth-order valence-corrected chi connectivity index (χ4v) is 1.51. The second-order valence-corrected chi connectivity index (χ2v) is 3.37. The zero-order valence-electron chi connectivity index (χ0n) is 7.16. The van der Waals surface area contributed by atoms with Crippen LogP contribution in [0.4, 0.5) is 5.69 Å². The van der Waals surface area contributed by atoms with Crippen molar-refractivity contribution in [2.75, 3.05) is 11.9 Å². The Hall–Kier alpha value is -1.42. The number of carbonyl (C=O) groups is 1. The van der Waals surface area contributed by atoms with Gasteiger partial charge in [0.05, 0.1) is 10.7 Å². The Balaban J connectivity index is 2.33. The number of nitrogens with one attached hydrogen (secondary N) is 1. The summed E-state index contributed by atoms with van der Waals surface area (Å²) in [4.78, 5) is 10.7. The van der Waals surface area contributed by atoms with Gasteiger partial charge in [-0.2, -0.15) is 0 Å². The molecule has 0 radical (unpaired) electrons. The van der Waals surface area contributed by atoms with Gasteiger partial charge in [0.25, 0.3) is 0 Å². The fourth-order valence-electron chi connectivity index (χ4n) is 1.29. The highest BCUT2D eigenvalue weighted by atomic mass is 35.5. The third-order valence-corrected chi connectivity index (χ3v) is 2.31. The lowest BCUT2D eigenvalue weighted by atomic mass is 10.2. The number of aliphatic carboxylic acids is 1. The number of ether oxygens (including phenoxy) is 1. The Labute approximate surface area is 85.4 Å². The van der Waals surface area contributed by atoms with Crippen LogP contribution in [0, 0.1) is 0 Å². The van der Waals surface area contributed by atoms with Crippen molar-refractivity contribution in [2.45, 2.75) is 6.04 Å². The first kappa shape index (κ1) is 9.15. The number of carboxylic acids is 1. The third-order valence-electron chi connectivity index (χ3n) is 2.00. The van der Waals surface area contributed by atoms with Gasteiger partial charge in [-0.25, -0.2) is 4.79 Å². The Morgan fingerprint density at radius 1 is 1.64 bits per heavy atom. The van der Waals surface area contributed by atoms with E-state index >= 15 is 0 Å². The summed E-state index contributed by atoms with van der Waals surface area (Å²) in [5.74, 6) is -0.356. The predicted molar refractivity (Wildman–Crippen MR) is 52.0 cm³/mol. The minimum atomic E-state index is -0.949. The van der Waals surface area contributed by atoms with Crippen LogP contribution in [0.2, 0.25) is 5.02 Å². The van der Waals surface area contributed by atoms with Crippen LogP contribution in [0.25, 0.3) is 0 Å². The Bertz CT molecular complexity index is 380. The van der Waals surface area contributed by atoms with Gasteiger partial charge in [0.2, 0.25) is 0 Å². The first-order chi connectivity index (χ1) is 6.68. The third kappa shape index (κ3) is 1.48. The molecule has 1 aromatic rings. The molecule has 1 aromatic carbocycles. The second-order valence-electron chi connectivity index (χ2n) is 2.96. The highest BCUT2D eigenvalue weighted by Crippen LogP contribution is 2.35. The van der Waals surface area contributed by atoms with E-state index in [1.54, 1.807) is 18.2 Å². The van der Waals surface area contributed by atoms with Crippen LogP contribution >= 0.6 is 11.6 Å². The number of hydrogen-bond acceptors (Lipinski definition) is 3. The Morgan fingerprint density at radius 3 is 3.14 bits per heavy atom. The average Bonchev–Trinajstić information content (AvgIpc) is 2.18. The molecule has 0 bridgehead atoms. The number of para-hydroxylation sites is 1. The summed E-state index contributed by atoms with van der Waals surface area (Å²) >= 11 is 5.88. The lowest BCUT2D eigenvalue weighted by molar-refractivity contribution is -0.138. The summed E-state index contributed by atoms with van der Waals surface area (Å²) < 4.78 is 5.25.